The molecule has 3 atom stereocenters. The number of ether oxygens (including phenoxy) is 1. The molecule has 12 heteroatoms. The molecule has 1 fully saturated rings. The molecule has 1 aromatic heterocycles. The van der Waals surface area contributed by atoms with E-state index in [0.717, 1.165) is 11.3 Å². The van der Waals surface area contributed by atoms with E-state index in [-0.39, 0.29) is 23.1 Å². The number of halogens is 2. The molecule has 2 aliphatic rings. The number of amides is 3. The van der Waals surface area contributed by atoms with E-state index >= 15 is 0 Å². The van der Waals surface area contributed by atoms with Gasteiger partial charge in [0.15, 0.2) is 6.61 Å². The van der Waals surface area contributed by atoms with Crippen molar-refractivity contribution in [3.05, 3.63) is 104 Å². The molecule has 6 rings (SSSR count). The highest BCUT2D eigenvalue weighted by atomic mass is 35.5. The van der Waals surface area contributed by atoms with Crippen LogP contribution in [0.3, 0.4) is 0 Å². The summed E-state index contributed by atoms with van der Waals surface area (Å²) in [6.45, 7) is -0.388. The average molecular weight is 596 g/mol. The monoisotopic (exact) mass is 595 g/mol. The maximum absolute atomic E-state index is 13.9. The first-order chi connectivity index (χ1) is 19.3. The van der Waals surface area contributed by atoms with E-state index in [1.165, 1.54) is 40.9 Å². The van der Waals surface area contributed by atoms with Gasteiger partial charge in [-0.3, -0.25) is 19.2 Å². The zero-order valence-electron chi connectivity index (χ0n) is 20.4. The van der Waals surface area contributed by atoms with Crippen molar-refractivity contribution in [2.45, 2.75) is 16.2 Å². The number of aromatic amines is 1. The van der Waals surface area contributed by atoms with Crippen LogP contribution in [0.15, 0.2) is 82.6 Å². The molecule has 0 spiro atoms. The van der Waals surface area contributed by atoms with Crippen molar-refractivity contribution in [1.82, 2.24) is 4.98 Å². The van der Waals surface area contributed by atoms with E-state index in [2.05, 4.69) is 10.3 Å². The number of carbonyl (C=O) groups is 3. The molecule has 1 saturated heterocycles. The Bertz CT molecular complexity index is 1690. The Kier molecular flexibility index (Phi) is 6.95. The van der Waals surface area contributed by atoms with Gasteiger partial charge in [-0.2, -0.15) is 0 Å². The summed E-state index contributed by atoms with van der Waals surface area (Å²) < 4.78 is 19.1. The Morgan fingerprint density at radius 3 is 2.52 bits per heavy atom. The average Bonchev–Trinajstić information content (AvgIpc) is 3.43. The summed E-state index contributed by atoms with van der Waals surface area (Å²) >= 11 is 8.51. The number of H-pyrrole nitrogens is 1. The normalized spacial score (nSPS) is 19.8. The molecule has 2 N–H and O–H groups in total. The molecule has 202 valence electrons. The van der Waals surface area contributed by atoms with Gasteiger partial charge in [-0.05, 0) is 54.6 Å². The van der Waals surface area contributed by atoms with Gasteiger partial charge in [-0.15, -0.1) is 0 Å². The van der Waals surface area contributed by atoms with Crippen molar-refractivity contribution in [2.75, 3.05) is 16.8 Å². The summed E-state index contributed by atoms with van der Waals surface area (Å²) in [5.74, 6) is -2.99. The van der Waals surface area contributed by atoms with E-state index in [9.17, 15) is 23.6 Å². The number of imide groups is 1. The number of thiazole rings is 1. The van der Waals surface area contributed by atoms with E-state index in [1.54, 1.807) is 48.5 Å². The standard InChI is InChI=1S/C28H19ClFN3O5S2/c29-14-6-11-19(38-13-20(34)31-16-9-7-15(30)8-10-16)18(12-14)21-22-24(39-25-23(21)40-28(37)32-25)27(36)33(26(22)35)17-4-2-1-3-5-17/h1-12,21-22,24H,13H2,(H,31,34)(H,32,37). The second-order valence-corrected chi connectivity index (χ2v) is 11.7. The number of hydrogen-bond donors (Lipinski definition) is 2. The molecule has 3 unspecified atom stereocenters. The molecule has 3 heterocycles. The highest BCUT2D eigenvalue weighted by Gasteiger charge is 2.56. The van der Waals surface area contributed by atoms with E-state index in [4.69, 9.17) is 16.3 Å². The number of hydrogen-bond acceptors (Lipinski definition) is 7. The van der Waals surface area contributed by atoms with E-state index in [0.29, 0.717) is 31.9 Å². The molecule has 2 aliphatic heterocycles. The summed E-state index contributed by atoms with van der Waals surface area (Å²) in [7, 11) is 0. The Balaban J connectivity index is 1.36. The third-order valence-electron chi connectivity index (χ3n) is 6.63. The zero-order valence-corrected chi connectivity index (χ0v) is 22.8. The van der Waals surface area contributed by atoms with Gasteiger partial charge in [0.05, 0.1) is 16.6 Å². The van der Waals surface area contributed by atoms with Crippen molar-refractivity contribution in [2.24, 2.45) is 5.92 Å². The van der Waals surface area contributed by atoms with Crippen LogP contribution in [0.2, 0.25) is 5.02 Å². The third-order valence-corrected chi connectivity index (χ3v) is 9.27. The van der Waals surface area contributed by atoms with Gasteiger partial charge in [0, 0.05) is 27.1 Å². The van der Waals surface area contributed by atoms with Crippen molar-refractivity contribution in [1.29, 1.82) is 0 Å². The number of nitrogens with zero attached hydrogens (tertiary/aromatic N) is 1. The summed E-state index contributed by atoms with van der Waals surface area (Å²) in [6, 6.07) is 18.8. The summed E-state index contributed by atoms with van der Waals surface area (Å²) in [5.41, 5.74) is 1.34. The fraction of sp³-hybridized carbons (Fsp3) is 0.143. The quantitative estimate of drug-likeness (QED) is 0.302. The maximum Gasteiger partial charge on any atom is 0.305 e. The molecule has 3 aromatic carbocycles. The molecule has 0 saturated carbocycles. The highest BCUT2D eigenvalue weighted by Crippen LogP contribution is 2.54. The van der Waals surface area contributed by atoms with Gasteiger partial charge in [-0.1, -0.05) is 52.9 Å². The second-order valence-electron chi connectivity index (χ2n) is 9.12. The second kappa shape index (κ2) is 10.6. The Hall–Kier alpha value is -3.93. The SMILES string of the molecule is O=C(COc1ccc(Cl)cc1C1c2sc(=O)[nH]c2SC2C(=O)N(c3ccccc3)C(=O)C21)Nc1ccc(F)cc1. The van der Waals surface area contributed by atoms with Gasteiger partial charge in [0.1, 0.15) is 16.8 Å². The molecule has 0 aliphatic carbocycles. The molecule has 0 bridgehead atoms. The first kappa shape index (κ1) is 26.3. The number of fused-ring (bicyclic) bond motifs is 2. The lowest BCUT2D eigenvalue weighted by molar-refractivity contribution is -0.122. The minimum Gasteiger partial charge on any atom is -0.483 e. The van der Waals surface area contributed by atoms with Crippen LogP contribution in [0.4, 0.5) is 15.8 Å². The van der Waals surface area contributed by atoms with Crippen LogP contribution in [0.5, 0.6) is 5.75 Å². The summed E-state index contributed by atoms with van der Waals surface area (Å²) in [6.07, 6.45) is 0. The number of thioether (sulfide) groups is 1. The van der Waals surface area contributed by atoms with Crippen LogP contribution in [0, 0.1) is 11.7 Å². The van der Waals surface area contributed by atoms with Crippen LogP contribution >= 0.6 is 34.7 Å². The number of benzene rings is 3. The third kappa shape index (κ3) is 4.80. The van der Waals surface area contributed by atoms with Crippen LogP contribution in [0.1, 0.15) is 16.4 Å². The molecule has 3 amide bonds. The summed E-state index contributed by atoms with van der Waals surface area (Å²) in [4.78, 5) is 56.7. The number of rotatable bonds is 6. The van der Waals surface area contributed by atoms with Gasteiger partial charge < -0.3 is 15.0 Å². The van der Waals surface area contributed by atoms with Crippen molar-refractivity contribution in [3.63, 3.8) is 0 Å². The zero-order chi connectivity index (χ0) is 28.0. The van der Waals surface area contributed by atoms with Crippen molar-refractivity contribution in [3.8, 4) is 5.75 Å². The van der Waals surface area contributed by atoms with Gasteiger partial charge in [-0.25, -0.2) is 9.29 Å². The number of nitrogens with one attached hydrogen (secondary N) is 2. The minimum atomic E-state index is -0.842. The largest absolute Gasteiger partial charge is 0.483 e. The first-order valence-corrected chi connectivity index (χ1v) is 14.2. The fourth-order valence-electron chi connectivity index (χ4n) is 4.95. The van der Waals surface area contributed by atoms with Crippen molar-refractivity contribution < 1.29 is 23.5 Å². The lowest BCUT2D eigenvalue weighted by Gasteiger charge is -2.31. The van der Waals surface area contributed by atoms with Crippen LogP contribution in [-0.2, 0) is 14.4 Å². The number of para-hydroxylation sites is 1. The molecule has 8 nitrogen and oxygen atoms in total. The fourth-order valence-corrected chi connectivity index (χ4v) is 7.64. The summed E-state index contributed by atoms with van der Waals surface area (Å²) in [5, 5.41) is 2.71. The van der Waals surface area contributed by atoms with E-state index in [1.807, 2.05) is 0 Å². The minimum absolute atomic E-state index is 0.277. The van der Waals surface area contributed by atoms with Crippen LogP contribution < -0.4 is 19.8 Å². The predicted octanol–water partition coefficient (Wildman–Crippen LogP) is 5.04. The number of aromatic nitrogens is 1. The first-order valence-electron chi connectivity index (χ1n) is 12.1. The van der Waals surface area contributed by atoms with Crippen LogP contribution in [0.25, 0.3) is 0 Å². The molecule has 0 radical (unpaired) electrons. The van der Waals surface area contributed by atoms with E-state index < -0.39 is 34.7 Å². The lowest BCUT2D eigenvalue weighted by Crippen LogP contribution is -2.32. The Labute approximate surface area is 240 Å². The predicted molar refractivity (Wildman–Crippen MR) is 151 cm³/mol. The smallest absolute Gasteiger partial charge is 0.305 e. The van der Waals surface area contributed by atoms with Crippen LogP contribution in [-0.4, -0.2) is 34.6 Å². The van der Waals surface area contributed by atoms with Gasteiger partial charge >= 0.3 is 4.87 Å². The van der Waals surface area contributed by atoms with Gasteiger partial charge in [0.2, 0.25) is 11.8 Å². The van der Waals surface area contributed by atoms with Crippen molar-refractivity contribution >= 4 is 63.8 Å². The van der Waals surface area contributed by atoms with Gasteiger partial charge in [0.25, 0.3) is 5.91 Å². The highest BCUT2D eigenvalue weighted by molar-refractivity contribution is 8.00. The molecular weight excluding hydrogens is 577 g/mol. The lowest BCUT2D eigenvalue weighted by atomic mass is 9.82. The number of anilines is 2. The molecule has 40 heavy (non-hydrogen) atoms. The topological polar surface area (TPSA) is 109 Å². The molecular formula is C28H19ClFN3O5S2. The number of carbonyl (C=O) groups excluding carboxylic acids is 3. The Morgan fingerprint density at radius 2 is 1.77 bits per heavy atom. The maximum atomic E-state index is 13.9. The Morgan fingerprint density at radius 1 is 1.02 bits per heavy atom. The molecule has 4 aromatic rings.